The number of carbonyl (C=O) groups excluding carboxylic acids is 1. The molecule has 0 unspecified atom stereocenters. The summed E-state index contributed by atoms with van der Waals surface area (Å²) in [5.74, 6) is -0.0538. The molecule has 5 nitrogen and oxygen atoms in total. The van der Waals surface area contributed by atoms with Crippen LogP contribution in [0.25, 0.3) is 11.4 Å². The SMILES string of the molecule is Cc1cc(F)ccc1C(=O)N1CCc2c(nc(-c3ccccc3)[nH]c2=O)C1. The molecule has 4 rings (SSSR count). The maximum atomic E-state index is 13.3. The van der Waals surface area contributed by atoms with Crippen molar-refractivity contribution >= 4 is 5.91 Å². The van der Waals surface area contributed by atoms with Gasteiger partial charge in [-0.2, -0.15) is 0 Å². The lowest BCUT2D eigenvalue weighted by Crippen LogP contribution is -2.39. The summed E-state index contributed by atoms with van der Waals surface area (Å²) < 4.78 is 13.3. The second-order valence-electron chi connectivity index (χ2n) is 6.64. The molecule has 0 saturated carbocycles. The number of carbonyl (C=O) groups is 1. The van der Waals surface area contributed by atoms with Gasteiger partial charge in [0.05, 0.1) is 12.2 Å². The minimum atomic E-state index is -0.367. The highest BCUT2D eigenvalue weighted by Gasteiger charge is 2.26. The summed E-state index contributed by atoms with van der Waals surface area (Å²) in [6.45, 7) is 2.40. The first-order valence-corrected chi connectivity index (χ1v) is 8.76. The van der Waals surface area contributed by atoms with Gasteiger partial charge in [-0.05, 0) is 37.1 Å². The highest BCUT2D eigenvalue weighted by molar-refractivity contribution is 5.95. The molecule has 6 heteroatoms. The van der Waals surface area contributed by atoms with Crippen molar-refractivity contribution in [2.24, 2.45) is 0 Å². The first kappa shape index (κ1) is 17.1. The summed E-state index contributed by atoms with van der Waals surface area (Å²) in [5, 5.41) is 0. The van der Waals surface area contributed by atoms with Crippen LogP contribution in [0.3, 0.4) is 0 Å². The zero-order chi connectivity index (χ0) is 19.0. The van der Waals surface area contributed by atoms with Crippen molar-refractivity contribution in [3.8, 4) is 11.4 Å². The Hall–Kier alpha value is -3.28. The molecule has 1 aromatic heterocycles. The third-order valence-electron chi connectivity index (χ3n) is 4.83. The van der Waals surface area contributed by atoms with Gasteiger partial charge in [-0.3, -0.25) is 9.59 Å². The first-order chi connectivity index (χ1) is 13.0. The van der Waals surface area contributed by atoms with Crippen molar-refractivity contribution in [1.82, 2.24) is 14.9 Å². The number of aryl methyl sites for hydroxylation is 1. The van der Waals surface area contributed by atoms with Gasteiger partial charge in [-0.1, -0.05) is 30.3 Å². The van der Waals surface area contributed by atoms with Crippen molar-refractivity contribution in [2.45, 2.75) is 19.9 Å². The monoisotopic (exact) mass is 363 g/mol. The summed E-state index contributed by atoms with van der Waals surface area (Å²) in [7, 11) is 0. The predicted octanol–water partition coefficient (Wildman–Crippen LogP) is 3.08. The molecule has 3 aromatic rings. The number of halogens is 1. The van der Waals surface area contributed by atoms with E-state index in [1.807, 2.05) is 30.3 Å². The van der Waals surface area contributed by atoms with Crippen molar-refractivity contribution in [3.63, 3.8) is 0 Å². The molecule has 27 heavy (non-hydrogen) atoms. The number of H-pyrrole nitrogens is 1. The number of benzene rings is 2. The van der Waals surface area contributed by atoms with E-state index in [0.29, 0.717) is 41.2 Å². The predicted molar refractivity (Wildman–Crippen MR) is 99.9 cm³/mol. The van der Waals surface area contributed by atoms with Crippen molar-refractivity contribution in [3.05, 3.63) is 87.1 Å². The second kappa shape index (κ2) is 6.79. The lowest BCUT2D eigenvalue weighted by atomic mass is 10.0. The molecule has 1 aliphatic rings. The van der Waals surface area contributed by atoms with E-state index >= 15 is 0 Å². The molecule has 0 aliphatic carbocycles. The number of amides is 1. The van der Waals surface area contributed by atoms with Crippen LogP contribution >= 0.6 is 0 Å². The number of aromatic nitrogens is 2. The van der Waals surface area contributed by atoms with Gasteiger partial charge in [-0.15, -0.1) is 0 Å². The average molecular weight is 363 g/mol. The zero-order valence-corrected chi connectivity index (χ0v) is 14.8. The van der Waals surface area contributed by atoms with Crippen LogP contribution in [0, 0.1) is 12.7 Å². The summed E-state index contributed by atoms with van der Waals surface area (Å²) in [5.41, 5.74) is 2.94. The van der Waals surface area contributed by atoms with E-state index in [0.717, 1.165) is 5.56 Å². The van der Waals surface area contributed by atoms with E-state index in [4.69, 9.17) is 0 Å². The lowest BCUT2D eigenvalue weighted by Gasteiger charge is -2.28. The van der Waals surface area contributed by atoms with Gasteiger partial charge in [0.2, 0.25) is 0 Å². The molecule has 1 N–H and O–H groups in total. The van der Waals surface area contributed by atoms with Gasteiger partial charge in [0.1, 0.15) is 11.6 Å². The Morgan fingerprint density at radius 3 is 2.70 bits per heavy atom. The van der Waals surface area contributed by atoms with Crippen LogP contribution in [0.4, 0.5) is 4.39 Å². The molecule has 2 heterocycles. The Morgan fingerprint density at radius 1 is 1.19 bits per heavy atom. The van der Waals surface area contributed by atoms with Gasteiger partial charge in [-0.25, -0.2) is 9.37 Å². The standard InChI is InChI=1S/C21H18FN3O2/c1-13-11-15(22)7-8-16(13)21(27)25-10-9-17-18(12-25)23-19(24-20(17)26)14-5-3-2-4-6-14/h2-8,11H,9-10,12H2,1H3,(H,23,24,26). The van der Waals surface area contributed by atoms with Crippen LogP contribution in [0.15, 0.2) is 53.3 Å². The molecular weight excluding hydrogens is 345 g/mol. The number of nitrogens with zero attached hydrogens (tertiary/aromatic N) is 2. The molecule has 0 saturated heterocycles. The quantitative estimate of drug-likeness (QED) is 0.761. The van der Waals surface area contributed by atoms with Crippen LogP contribution in [-0.2, 0) is 13.0 Å². The second-order valence-corrected chi connectivity index (χ2v) is 6.64. The van der Waals surface area contributed by atoms with E-state index in [9.17, 15) is 14.0 Å². The lowest BCUT2D eigenvalue weighted by molar-refractivity contribution is 0.0730. The molecule has 0 fully saturated rings. The fourth-order valence-corrected chi connectivity index (χ4v) is 3.38. The Bertz CT molecular complexity index is 1080. The molecule has 136 valence electrons. The summed E-state index contributed by atoms with van der Waals surface area (Å²) in [6.07, 6.45) is 0.443. The van der Waals surface area contributed by atoms with E-state index in [2.05, 4.69) is 9.97 Å². The van der Waals surface area contributed by atoms with Crippen LogP contribution in [0.2, 0.25) is 0 Å². The van der Waals surface area contributed by atoms with Crippen LogP contribution in [0.1, 0.15) is 27.2 Å². The molecule has 1 amide bonds. The number of rotatable bonds is 2. The molecule has 2 aromatic carbocycles. The number of nitrogens with one attached hydrogen (secondary N) is 1. The molecular formula is C21H18FN3O2. The van der Waals surface area contributed by atoms with E-state index < -0.39 is 0 Å². The first-order valence-electron chi connectivity index (χ1n) is 8.76. The summed E-state index contributed by atoms with van der Waals surface area (Å²) in [4.78, 5) is 34.4. The molecule has 0 spiro atoms. The average Bonchev–Trinajstić information content (AvgIpc) is 2.67. The van der Waals surface area contributed by atoms with Crippen LogP contribution in [-0.4, -0.2) is 27.3 Å². The van der Waals surface area contributed by atoms with E-state index in [1.54, 1.807) is 11.8 Å². The molecule has 1 aliphatic heterocycles. The van der Waals surface area contributed by atoms with Gasteiger partial charge < -0.3 is 9.88 Å². The van der Waals surface area contributed by atoms with Gasteiger partial charge in [0.15, 0.2) is 0 Å². The van der Waals surface area contributed by atoms with Gasteiger partial charge in [0.25, 0.3) is 11.5 Å². The largest absolute Gasteiger partial charge is 0.332 e. The Labute approximate surface area is 155 Å². The topological polar surface area (TPSA) is 66.1 Å². The molecule has 0 radical (unpaired) electrons. The zero-order valence-electron chi connectivity index (χ0n) is 14.8. The fraction of sp³-hybridized carbons (Fsp3) is 0.190. The van der Waals surface area contributed by atoms with Crippen molar-refractivity contribution in [1.29, 1.82) is 0 Å². The number of hydrogen-bond acceptors (Lipinski definition) is 3. The molecule has 0 bridgehead atoms. The Kier molecular flexibility index (Phi) is 4.32. The van der Waals surface area contributed by atoms with Crippen LogP contribution < -0.4 is 5.56 Å². The van der Waals surface area contributed by atoms with E-state index in [-0.39, 0.29) is 23.8 Å². The van der Waals surface area contributed by atoms with Crippen molar-refractivity contribution < 1.29 is 9.18 Å². The normalized spacial score (nSPS) is 13.3. The number of fused-ring (bicyclic) bond motifs is 1. The summed E-state index contributed by atoms with van der Waals surface area (Å²) in [6, 6.07) is 13.5. The van der Waals surface area contributed by atoms with Crippen molar-refractivity contribution in [2.75, 3.05) is 6.54 Å². The Balaban J connectivity index is 1.67. The van der Waals surface area contributed by atoms with E-state index in [1.165, 1.54) is 18.2 Å². The summed E-state index contributed by atoms with van der Waals surface area (Å²) >= 11 is 0. The highest BCUT2D eigenvalue weighted by atomic mass is 19.1. The maximum Gasteiger partial charge on any atom is 0.254 e. The van der Waals surface area contributed by atoms with Gasteiger partial charge in [0, 0.05) is 23.2 Å². The third kappa shape index (κ3) is 3.26. The van der Waals surface area contributed by atoms with Gasteiger partial charge >= 0.3 is 0 Å². The number of hydrogen-bond donors (Lipinski definition) is 1. The van der Waals surface area contributed by atoms with Crippen LogP contribution in [0.5, 0.6) is 0 Å². The minimum Gasteiger partial charge on any atom is -0.332 e. The highest BCUT2D eigenvalue weighted by Crippen LogP contribution is 2.21. The smallest absolute Gasteiger partial charge is 0.254 e. The Morgan fingerprint density at radius 2 is 1.96 bits per heavy atom. The maximum absolute atomic E-state index is 13.3. The fourth-order valence-electron chi connectivity index (χ4n) is 3.38. The molecule has 0 atom stereocenters. The third-order valence-corrected chi connectivity index (χ3v) is 4.83. The number of aromatic amines is 1. The minimum absolute atomic E-state index is 0.163.